The molecule has 0 bridgehead atoms. The van der Waals surface area contributed by atoms with Gasteiger partial charge in [0.1, 0.15) is 12.9 Å². The van der Waals surface area contributed by atoms with Crippen LogP contribution in [0, 0.1) is 24.3 Å². The fourth-order valence-electron chi connectivity index (χ4n) is 1.72. The summed E-state index contributed by atoms with van der Waals surface area (Å²) in [5, 5.41) is 0. The Morgan fingerprint density at radius 1 is 1.45 bits per heavy atom. The SMILES string of the molecule is C=CC(=O)OCC1(CC)COC(C([CH2-])(C)C)OC1.[CH-]=C.[O]=[Co]. The van der Waals surface area contributed by atoms with Crippen LogP contribution in [0.15, 0.2) is 19.2 Å². The van der Waals surface area contributed by atoms with E-state index in [1.54, 1.807) is 0 Å². The van der Waals surface area contributed by atoms with Gasteiger partial charge in [-0.3, -0.25) is 6.58 Å². The van der Waals surface area contributed by atoms with Gasteiger partial charge in [0.15, 0.2) is 0 Å². The second kappa shape index (κ2) is 11.7. The van der Waals surface area contributed by atoms with Gasteiger partial charge in [0.2, 0.25) is 0 Å². The number of carbonyl (C=O) groups is 1. The van der Waals surface area contributed by atoms with Crippen LogP contribution in [0.4, 0.5) is 0 Å². The molecule has 1 aliphatic rings. The van der Waals surface area contributed by atoms with Crippen molar-refractivity contribution in [3.63, 3.8) is 0 Å². The topological polar surface area (TPSA) is 61.8 Å². The van der Waals surface area contributed by atoms with E-state index in [1.807, 2.05) is 20.8 Å². The molecule has 6 heteroatoms. The normalized spacial score (nSPS) is 24.0. The van der Waals surface area contributed by atoms with Gasteiger partial charge in [0.25, 0.3) is 0 Å². The summed E-state index contributed by atoms with van der Waals surface area (Å²) in [6, 6.07) is 0. The molecular formula is C16H26CoO5-2. The van der Waals surface area contributed by atoms with E-state index in [4.69, 9.17) is 18.1 Å². The Labute approximate surface area is 141 Å². The fourth-order valence-corrected chi connectivity index (χ4v) is 1.72. The van der Waals surface area contributed by atoms with E-state index in [2.05, 4.69) is 42.3 Å². The Balaban J connectivity index is 0. The molecule has 5 nitrogen and oxygen atoms in total. The van der Waals surface area contributed by atoms with Gasteiger partial charge in [0.05, 0.1) is 18.6 Å². The van der Waals surface area contributed by atoms with E-state index >= 15 is 0 Å². The van der Waals surface area contributed by atoms with Crippen molar-refractivity contribution in [3.8, 4) is 0 Å². The Morgan fingerprint density at radius 2 is 1.91 bits per heavy atom. The molecule has 1 heterocycles. The average Bonchev–Trinajstić information content (AvgIpc) is 2.55. The summed E-state index contributed by atoms with van der Waals surface area (Å²) in [6.07, 6.45) is 1.67. The van der Waals surface area contributed by atoms with Crippen LogP contribution in [-0.4, -0.2) is 32.1 Å². The number of ether oxygens (including phenoxy) is 3. The minimum absolute atomic E-state index is 0.263. The zero-order valence-electron chi connectivity index (χ0n) is 13.6. The molecule has 0 aromatic carbocycles. The van der Waals surface area contributed by atoms with E-state index in [0.29, 0.717) is 19.8 Å². The molecule has 22 heavy (non-hydrogen) atoms. The van der Waals surface area contributed by atoms with Crippen molar-refractivity contribution in [3.05, 3.63) is 32.7 Å². The molecule has 131 valence electrons. The van der Waals surface area contributed by atoms with Crippen LogP contribution in [-0.2, 0) is 38.5 Å². The Kier molecular flexibility index (Phi) is 12.5. The van der Waals surface area contributed by atoms with Gasteiger partial charge in [0, 0.05) is 6.08 Å². The van der Waals surface area contributed by atoms with Crippen LogP contribution in [0.3, 0.4) is 0 Å². The van der Waals surface area contributed by atoms with Gasteiger partial charge in [-0.05, 0) is 6.42 Å². The Hall–Kier alpha value is -0.824. The molecule has 0 N–H and O–H groups in total. The molecule has 0 saturated carbocycles. The third-order valence-electron chi connectivity index (χ3n) is 3.16. The number of hydrogen-bond acceptors (Lipinski definition) is 5. The molecule has 0 spiro atoms. The van der Waals surface area contributed by atoms with Gasteiger partial charge < -0.3 is 27.7 Å². The predicted molar refractivity (Wildman–Crippen MR) is 79.3 cm³/mol. The predicted octanol–water partition coefficient (Wildman–Crippen LogP) is 2.83. The number of esters is 1. The van der Waals surface area contributed by atoms with Crippen molar-refractivity contribution >= 4 is 5.97 Å². The van der Waals surface area contributed by atoms with Gasteiger partial charge in [-0.25, -0.2) is 4.79 Å². The van der Waals surface area contributed by atoms with E-state index in [0.717, 1.165) is 12.5 Å². The minimum atomic E-state index is -0.414. The maximum atomic E-state index is 11.1. The van der Waals surface area contributed by atoms with E-state index in [-0.39, 0.29) is 17.1 Å². The zero-order valence-corrected chi connectivity index (χ0v) is 14.6. The molecule has 1 rings (SSSR count). The summed E-state index contributed by atoms with van der Waals surface area (Å²) in [6.45, 7) is 21.7. The molecule has 1 fully saturated rings. The monoisotopic (exact) mass is 357 g/mol. The first-order chi connectivity index (χ1) is 10.3. The number of carbonyl (C=O) groups excluding carboxylic acids is 1. The van der Waals surface area contributed by atoms with E-state index in [1.165, 1.54) is 0 Å². The van der Waals surface area contributed by atoms with Crippen LogP contribution in [0.2, 0.25) is 0 Å². The first-order valence-electron chi connectivity index (χ1n) is 6.75. The second-order valence-electron chi connectivity index (χ2n) is 5.61. The average molecular weight is 357 g/mol. The fraction of sp³-hybridized carbons (Fsp3) is 0.625. The van der Waals surface area contributed by atoms with Crippen LogP contribution < -0.4 is 0 Å². The third kappa shape index (κ3) is 7.98. The van der Waals surface area contributed by atoms with Gasteiger partial charge in [-0.2, -0.15) is 0 Å². The summed E-state index contributed by atoms with van der Waals surface area (Å²) >= 11 is 2.31. The Morgan fingerprint density at radius 3 is 2.23 bits per heavy atom. The van der Waals surface area contributed by atoms with E-state index < -0.39 is 5.97 Å². The summed E-state index contributed by atoms with van der Waals surface area (Å²) in [4.78, 5) is 11.1. The van der Waals surface area contributed by atoms with Gasteiger partial charge in [-0.15, -0.1) is 5.41 Å². The quantitative estimate of drug-likeness (QED) is 0.430. The first-order valence-corrected chi connectivity index (χ1v) is 7.18. The molecule has 0 aromatic rings. The van der Waals surface area contributed by atoms with Crippen molar-refractivity contribution in [2.75, 3.05) is 19.8 Å². The van der Waals surface area contributed by atoms with Crippen LogP contribution >= 0.6 is 0 Å². The summed E-state index contributed by atoms with van der Waals surface area (Å²) in [5.74, 6) is -0.414. The molecule has 1 aliphatic heterocycles. The number of hydrogen-bond donors (Lipinski definition) is 0. The van der Waals surface area contributed by atoms with E-state index in [9.17, 15) is 4.79 Å². The van der Waals surface area contributed by atoms with Gasteiger partial charge in [-0.1, -0.05) is 27.4 Å². The van der Waals surface area contributed by atoms with Crippen LogP contribution in [0.1, 0.15) is 27.2 Å². The molecule has 0 atom stereocenters. The molecule has 1 saturated heterocycles. The molecule has 0 aliphatic carbocycles. The zero-order chi connectivity index (χ0) is 17.8. The summed E-state index contributed by atoms with van der Waals surface area (Å²) in [5.41, 5.74) is -0.557. The van der Waals surface area contributed by atoms with Crippen molar-refractivity contribution in [1.82, 2.24) is 0 Å². The van der Waals surface area contributed by atoms with Gasteiger partial charge >= 0.3 is 25.5 Å². The molecule has 0 aromatic heterocycles. The summed E-state index contributed by atoms with van der Waals surface area (Å²) in [7, 11) is 0. The van der Waals surface area contributed by atoms with Crippen molar-refractivity contribution < 1.29 is 38.5 Å². The summed E-state index contributed by atoms with van der Waals surface area (Å²) < 4.78 is 24.5. The van der Waals surface area contributed by atoms with Crippen molar-refractivity contribution in [2.24, 2.45) is 10.8 Å². The van der Waals surface area contributed by atoms with Crippen molar-refractivity contribution in [1.29, 1.82) is 0 Å². The third-order valence-corrected chi connectivity index (χ3v) is 3.16. The molecule has 0 radical (unpaired) electrons. The molecule has 0 unspecified atom stereocenters. The second-order valence-corrected chi connectivity index (χ2v) is 5.61. The molecular weight excluding hydrogens is 331 g/mol. The number of rotatable bonds is 5. The van der Waals surface area contributed by atoms with Crippen LogP contribution in [0.5, 0.6) is 0 Å². The molecule has 0 amide bonds. The van der Waals surface area contributed by atoms with Crippen molar-refractivity contribution in [2.45, 2.75) is 33.5 Å². The maximum absolute atomic E-state index is 11.1. The first kappa shape index (κ1) is 23.4. The standard InChI is InChI=1S/C14H23O4.C2H3.Co.O/c1-6-11(15)16-8-14(7-2)9-17-12(18-10-14)13(3,4)5;1-2;;/h6,12H,1,3,7-10H2,2,4-5H3;1H,2H2;;/q2*-1;;. The van der Waals surface area contributed by atoms with Crippen LogP contribution in [0.25, 0.3) is 0 Å². The Bertz CT molecular complexity index is 328.